The van der Waals surface area contributed by atoms with E-state index in [1.54, 1.807) is 21.3 Å². The third-order valence-electron chi connectivity index (χ3n) is 1.13. The molecule has 0 bridgehead atoms. The van der Waals surface area contributed by atoms with E-state index in [4.69, 9.17) is 19.0 Å². The lowest BCUT2D eigenvalue weighted by Crippen LogP contribution is -2.29. The summed E-state index contributed by atoms with van der Waals surface area (Å²) in [5.74, 6) is 0. The first-order chi connectivity index (χ1) is 6.62. The van der Waals surface area contributed by atoms with Crippen LogP contribution < -0.4 is 11.1 Å². The fourth-order valence-electron chi connectivity index (χ4n) is 0.537. The van der Waals surface area contributed by atoms with E-state index >= 15 is 0 Å². The molecule has 0 radical (unpaired) electrons. The van der Waals surface area contributed by atoms with E-state index < -0.39 is 15.6 Å². The Bertz CT molecular complexity index is 127. The topological polar surface area (TPSA) is 82.8 Å². The highest BCUT2D eigenvalue weighted by atomic mass is 28.3. The highest BCUT2D eigenvalue weighted by Gasteiger charge is 2.04. The number of rotatable bonds is 5. The number of nitrogens with two attached hydrogens (primary N) is 1. The van der Waals surface area contributed by atoms with Crippen LogP contribution in [0.2, 0.25) is 0 Å². The van der Waals surface area contributed by atoms with Gasteiger partial charge in [0.25, 0.3) is 0 Å². The molecule has 0 aromatic carbocycles. The summed E-state index contributed by atoms with van der Waals surface area (Å²) >= 11 is 0. The molecule has 0 heterocycles. The van der Waals surface area contributed by atoms with Crippen LogP contribution in [0.5, 0.6) is 0 Å². The zero-order valence-electron chi connectivity index (χ0n) is 9.20. The van der Waals surface area contributed by atoms with Gasteiger partial charge in [-0.3, -0.25) is 0 Å². The molecule has 0 rings (SSSR count). The number of carbonyl (C=O) groups excluding carboxylic acids is 1. The summed E-state index contributed by atoms with van der Waals surface area (Å²) in [6.07, 6.45) is 0.933. The molecule has 7 heteroatoms. The average molecular weight is 224 g/mol. The largest absolute Gasteiger partial charge is 0.483 e. The van der Waals surface area contributed by atoms with Gasteiger partial charge in [0, 0.05) is 27.9 Å². The van der Waals surface area contributed by atoms with Gasteiger partial charge in [-0.1, -0.05) is 6.92 Å². The first-order valence-electron chi connectivity index (χ1n) is 4.24. The Labute approximate surface area is 86.7 Å². The summed E-state index contributed by atoms with van der Waals surface area (Å²) in [5.41, 5.74) is 4.73. The molecule has 2 amide bonds. The fraction of sp³-hybridized carbons (Fsp3) is 0.857. The minimum atomic E-state index is -1.67. The van der Waals surface area contributed by atoms with Crippen LogP contribution in [0.1, 0.15) is 13.3 Å². The summed E-state index contributed by atoms with van der Waals surface area (Å²) in [6.45, 7) is 2.64. The van der Waals surface area contributed by atoms with Gasteiger partial charge in [0.15, 0.2) is 0 Å². The summed E-state index contributed by atoms with van der Waals surface area (Å²) in [4.78, 5) is 9.87. The van der Waals surface area contributed by atoms with Gasteiger partial charge in [-0.2, -0.15) is 0 Å². The van der Waals surface area contributed by atoms with Crippen molar-refractivity contribution in [2.45, 2.75) is 13.3 Å². The molecule has 0 unspecified atom stereocenters. The summed E-state index contributed by atoms with van der Waals surface area (Å²) in [5, 5.41) is 2.43. The van der Waals surface area contributed by atoms with Gasteiger partial charge in [0.2, 0.25) is 0 Å². The molecule has 0 aromatic heterocycles. The zero-order valence-corrected chi connectivity index (χ0v) is 10.4. The van der Waals surface area contributed by atoms with Crippen molar-refractivity contribution in [1.82, 2.24) is 5.32 Å². The summed E-state index contributed by atoms with van der Waals surface area (Å²) in [7, 11) is 3.05. The van der Waals surface area contributed by atoms with Crippen molar-refractivity contribution < 1.29 is 18.1 Å². The van der Waals surface area contributed by atoms with E-state index in [1.165, 1.54) is 0 Å². The Morgan fingerprint density at radius 2 is 1.71 bits per heavy atom. The normalized spacial score (nSPS) is 9.21. The van der Waals surface area contributed by atoms with Crippen LogP contribution in [-0.2, 0) is 13.3 Å². The lowest BCUT2D eigenvalue weighted by Gasteiger charge is -2.05. The third-order valence-corrected chi connectivity index (χ3v) is 2.28. The maximum atomic E-state index is 9.87. The summed E-state index contributed by atoms with van der Waals surface area (Å²) < 4.78 is 14.2. The number of hydrogen-bond acceptors (Lipinski definition) is 4. The second-order valence-corrected chi connectivity index (χ2v) is 4.28. The van der Waals surface area contributed by atoms with Crippen molar-refractivity contribution in [2.75, 3.05) is 27.9 Å². The van der Waals surface area contributed by atoms with Gasteiger partial charge in [-0.25, -0.2) is 4.79 Å². The Morgan fingerprint density at radius 3 is 1.79 bits per heavy atom. The molecular weight excluding hydrogens is 204 g/mol. The van der Waals surface area contributed by atoms with Gasteiger partial charge in [0.05, 0.1) is 0 Å². The molecule has 0 aliphatic rings. The number of hydrogen-bond donors (Lipinski definition) is 2. The molecule has 0 spiro atoms. The predicted molar refractivity (Wildman–Crippen MR) is 56.1 cm³/mol. The zero-order chi connectivity index (χ0) is 11.4. The second kappa shape index (κ2) is 12.4. The van der Waals surface area contributed by atoms with Crippen LogP contribution in [0.15, 0.2) is 0 Å². The van der Waals surface area contributed by atoms with E-state index in [0.29, 0.717) is 6.54 Å². The van der Waals surface area contributed by atoms with Crippen LogP contribution in [0, 0.1) is 0 Å². The van der Waals surface area contributed by atoms with Crippen LogP contribution >= 0.6 is 0 Å². The predicted octanol–water partition coefficient (Wildman–Crippen LogP) is -0.292. The highest BCUT2D eigenvalue weighted by Crippen LogP contribution is 1.81. The molecule has 14 heavy (non-hydrogen) atoms. The van der Waals surface area contributed by atoms with Crippen molar-refractivity contribution in [3.8, 4) is 0 Å². The van der Waals surface area contributed by atoms with Gasteiger partial charge < -0.3 is 24.3 Å². The smallest absolute Gasteiger partial charge is 0.379 e. The molecule has 6 nitrogen and oxygen atoms in total. The van der Waals surface area contributed by atoms with E-state index in [0.717, 1.165) is 6.42 Å². The van der Waals surface area contributed by atoms with E-state index in [1.807, 2.05) is 6.92 Å². The van der Waals surface area contributed by atoms with Crippen molar-refractivity contribution in [2.24, 2.45) is 5.73 Å². The Morgan fingerprint density at radius 1 is 1.29 bits per heavy atom. The monoisotopic (exact) mass is 224 g/mol. The van der Waals surface area contributed by atoms with Gasteiger partial charge in [-0.15, -0.1) is 0 Å². The molecule has 0 atom stereocenters. The quantitative estimate of drug-likeness (QED) is 0.629. The maximum Gasteiger partial charge on any atom is 0.483 e. The first kappa shape index (κ1) is 15.8. The minimum Gasteiger partial charge on any atom is -0.379 e. The molecule has 3 N–H and O–H groups in total. The Balaban J connectivity index is 0. The first-order valence-corrected chi connectivity index (χ1v) is 5.65. The van der Waals surface area contributed by atoms with E-state index in [9.17, 15) is 4.79 Å². The summed E-state index contributed by atoms with van der Waals surface area (Å²) in [6, 6.07) is -0.443. The minimum absolute atomic E-state index is 0.443. The van der Waals surface area contributed by atoms with Crippen molar-refractivity contribution in [1.29, 1.82) is 0 Å². The average Bonchev–Trinajstić information content (AvgIpc) is 2.18. The number of amides is 2. The Kier molecular flexibility index (Phi) is 14.0. The molecular formula is C7H20N2O4Si. The van der Waals surface area contributed by atoms with Gasteiger partial charge in [0.1, 0.15) is 0 Å². The number of nitrogens with one attached hydrogen (secondary N) is 1. The molecule has 0 saturated carbocycles. The van der Waals surface area contributed by atoms with Crippen LogP contribution in [0.25, 0.3) is 0 Å². The molecule has 86 valence electrons. The molecule has 0 fully saturated rings. The van der Waals surface area contributed by atoms with Crippen LogP contribution in [0.4, 0.5) is 4.79 Å². The second-order valence-electron chi connectivity index (χ2n) is 2.29. The van der Waals surface area contributed by atoms with Gasteiger partial charge >= 0.3 is 15.6 Å². The number of urea groups is 1. The number of primary amides is 1. The van der Waals surface area contributed by atoms with Crippen LogP contribution in [0.3, 0.4) is 0 Å². The lowest BCUT2D eigenvalue weighted by molar-refractivity contribution is 0.163. The number of carbonyl (C=O) groups is 1. The molecule has 0 aliphatic heterocycles. The van der Waals surface area contributed by atoms with E-state index in [2.05, 4.69) is 5.32 Å². The third kappa shape index (κ3) is 13.9. The standard InChI is InChI=1S/C4H10N2O.C3H10O3Si/c1-2-3-6-4(5)7;1-4-7(5-2)6-3/h2-3H2,1H3,(H3,5,6,7);7H,1-3H3. The molecule has 0 aromatic rings. The fourth-order valence-corrected chi connectivity index (χ4v) is 1.11. The molecule has 0 aliphatic carbocycles. The van der Waals surface area contributed by atoms with E-state index in [-0.39, 0.29) is 0 Å². The van der Waals surface area contributed by atoms with Gasteiger partial charge in [-0.05, 0) is 6.42 Å². The SMILES string of the molecule is CCCNC(N)=O.CO[SiH](OC)OC. The molecule has 0 saturated heterocycles. The van der Waals surface area contributed by atoms with Crippen LogP contribution in [-0.4, -0.2) is 43.4 Å². The van der Waals surface area contributed by atoms with Crippen molar-refractivity contribution in [3.63, 3.8) is 0 Å². The maximum absolute atomic E-state index is 9.87. The Hall–Kier alpha value is -0.633. The highest BCUT2D eigenvalue weighted by molar-refractivity contribution is 6.36. The lowest BCUT2D eigenvalue weighted by atomic mass is 10.5. The van der Waals surface area contributed by atoms with Crippen molar-refractivity contribution in [3.05, 3.63) is 0 Å². The van der Waals surface area contributed by atoms with Crippen molar-refractivity contribution >= 4 is 15.6 Å².